The number of rotatable bonds is 0. The van der Waals surface area contributed by atoms with Crippen molar-refractivity contribution in [2.45, 2.75) is 5.16 Å². The number of fused-ring (bicyclic) bond motifs is 3. The number of nitrogens with zero attached hydrogens (tertiary/aromatic N) is 2. The zero-order chi connectivity index (χ0) is 8.84. The molecular formula is C8H6N4S. The minimum atomic E-state index is 0.628. The highest BCUT2D eigenvalue weighted by atomic mass is 32.1. The summed E-state index contributed by atoms with van der Waals surface area (Å²) in [4.78, 5) is 7.29. The second-order valence-electron chi connectivity index (χ2n) is 2.85. The van der Waals surface area contributed by atoms with Crippen LogP contribution in [0.1, 0.15) is 0 Å². The van der Waals surface area contributed by atoms with Crippen molar-refractivity contribution in [3.05, 3.63) is 18.3 Å². The van der Waals surface area contributed by atoms with E-state index in [1.165, 1.54) is 0 Å². The summed E-state index contributed by atoms with van der Waals surface area (Å²) in [5.41, 5.74) is 2.90. The molecule has 0 aliphatic carbocycles. The number of H-pyrrole nitrogens is 2. The van der Waals surface area contributed by atoms with Crippen LogP contribution in [0, 0.1) is 0 Å². The second-order valence-corrected chi connectivity index (χ2v) is 3.27. The highest BCUT2D eigenvalue weighted by Gasteiger charge is 2.04. The summed E-state index contributed by atoms with van der Waals surface area (Å²) in [7, 11) is 0. The number of imidazole rings is 1. The Kier molecular flexibility index (Phi) is 1.21. The molecule has 0 bridgehead atoms. The van der Waals surface area contributed by atoms with Crippen molar-refractivity contribution in [3.8, 4) is 0 Å². The molecule has 0 aliphatic rings. The molecule has 0 spiro atoms. The molecule has 0 aliphatic heterocycles. The van der Waals surface area contributed by atoms with Crippen molar-refractivity contribution >= 4 is 34.6 Å². The molecule has 4 nitrogen and oxygen atoms in total. The average molecular weight is 190 g/mol. The average Bonchev–Trinajstić information content (AvgIpc) is 2.65. The Labute approximate surface area is 78.8 Å². The number of aromatic amines is 2. The summed E-state index contributed by atoms with van der Waals surface area (Å²) < 4.78 is 0. The molecule has 2 aromatic heterocycles. The van der Waals surface area contributed by atoms with E-state index in [2.05, 4.69) is 32.8 Å². The fraction of sp³-hybridized carbons (Fsp3) is 0. The third-order valence-electron chi connectivity index (χ3n) is 2.07. The number of thiol groups is 1. The molecule has 64 valence electrons. The van der Waals surface area contributed by atoms with Gasteiger partial charge < -0.3 is 4.98 Å². The Hall–Kier alpha value is -1.49. The normalized spacial score (nSPS) is 11.5. The number of hydrogen-bond donors (Lipinski definition) is 3. The molecule has 2 N–H and O–H groups in total. The maximum absolute atomic E-state index is 4.21. The van der Waals surface area contributed by atoms with Crippen LogP contribution < -0.4 is 0 Å². The summed E-state index contributed by atoms with van der Waals surface area (Å²) >= 11 is 4.15. The van der Waals surface area contributed by atoms with Crippen LogP contribution in [-0.4, -0.2) is 20.2 Å². The minimum Gasteiger partial charge on any atom is -0.333 e. The SMILES string of the molecule is Sc1nc2ccc3[nH]ncc3c2[nH]1. The Bertz CT molecular complexity index is 580. The third kappa shape index (κ3) is 0.874. The van der Waals surface area contributed by atoms with E-state index in [9.17, 15) is 0 Å². The summed E-state index contributed by atoms with van der Waals surface area (Å²) in [5.74, 6) is 0. The van der Waals surface area contributed by atoms with Crippen molar-refractivity contribution in [2.75, 3.05) is 0 Å². The molecule has 5 heteroatoms. The lowest BCUT2D eigenvalue weighted by molar-refractivity contribution is 1.09. The first-order valence-electron chi connectivity index (χ1n) is 3.85. The summed E-state index contributed by atoms with van der Waals surface area (Å²) in [6.07, 6.45) is 1.78. The van der Waals surface area contributed by atoms with E-state index >= 15 is 0 Å². The van der Waals surface area contributed by atoms with Gasteiger partial charge in [-0.05, 0) is 12.1 Å². The zero-order valence-electron chi connectivity index (χ0n) is 6.57. The Morgan fingerprint density at radius 1 is 1.31 bits per heavy atom. The van der Waals surface area contributed by atoms with Crippen molar-refractivity contribution in [2.24, 2.45) is 0 Å². The van der Waals surface area contributed by atoms with Gasteiger partial charge in [-0.2, -0.15) is 5.10 Å². The van der Waals surface area contributed by atoms with Crippen LogP contribution >= 0.6 is 12.6 Å². The van der Waals surface area contributed by atoms with Crippen LogP contribution in [0.25, 0.3) is 21.9 Å². The fourth-order valence-electron chi connectivity index (χ4n) is 1.48. The van der Waals surface area contributed by atoms with Gasteiger partial charge in [-0.1, -0.05) is 0 Å². The van der Waals surface area contributed by atoms with Gasteiger partial charge in [0.15, 0.2) is 5.16 Å². The molecule has 2 heterocycles. The van der Waals surface area contributed by atoms with Crippen LogP contribution in [0.15, 0.2) is 23.5 Å². The number of benzene rings is 1. The molecule has 0 radical (unpaired) electrons. The largest absolute Gasteiger partial charge is 0.333 e. The molecule has 0 unspecified atom stereocenters. The molecule has 0 saturated carbocycles. The van der Waals surface area contributed by atoms with Crippen LogP contribution in [0.4, 0.5) is 0 Å². The van der Waals surface area contributed by atoms with Gasteiger partial charge in [0.05, 0.1) is 22.7 Å². The quantitative estimate of drug-likeness (QED) is 0.473. The van der Waals surface area contributed by atoms with Gasteiger partial charge in [0.1, 0.15) is 0 Å². The highest BCUT2D eigenvalue weighted by molar-refractivity contribution is 7.80. The predicted molar refractivity (Wildman–Crippen MR) is 53.0 cm³/mol. The summed E-state index contributed by atoms with van der Waals surface area (Å²) in [5, 5.41) is 8.54. The van der Waals surface area contributed by atoms with Crippen molar-refractivity contribution in [1.29, 1.82) is 0 Å². The van der Waals surface area contributed by atoms with E-state index in [-0.39, 0.29) is 0 Å². The standard InChI is InChI=1S/C8H6N4S/c13-8-10-6-2-1-5-4(3-9-12-5)7(6)11-8/h1-3H,(H,9,12)(H2,10,11,13). The molecule has 3 rings (SSSR count). The molecule has 3 aromatic rings. The Morgan fingerprint density at radius 3 is 3.15 bits per heavy atom. The van der Waals surface area contributed by atoms with E-state index in [1.807, 2.05) is 12.1 Å². The number of aromatic nitrogens is 4. The van der Waals surface area contributed by atoms with E-state index in [4.69, 9.17) is 0 Å². The van der Waals surface area contributed by atoms with Gasteiger partial charge in [-0.15, -0.1) is 12.6 Å². The second kappa shape index (κ2) is 2.26. The van der Waals surface area contributed by atoms with Crippen LogP contribution in [0.2, 0.25) is 0 Å². The lowest BCUT2D eigenvalue weighted by atomic mass is 10.2. The van der Waals surface area contributed by atoms with E-state index in [0.29, 0.717) is 5.16 Å². The summed E-state index contributed by atoms with van der Waals surface area (Å²) in [6, 6.07) is 3.89. The van der Waals surface area contributed by atoms with Gasteiger partial charge in [0.2, 0.25) is 0 Å². The first-order valence-corrected chi connectivity index (χ1v) is 4.30. The lowest BCUT2D eigenvalue weighted by Crippen LogP contribution is -1.71. The minimum absolute atomic E-state index is 0.628. The molecular weight excluding hydrogens is 184 g/mol. The van der Waals surface area contributed by atoms with Gasteiger partial charge in [-0.25, -0.2) is 4.98 Å². The smallest absolute Gasteiger partial charge is 0.163 e. The molecule has 0 fully saturated rings. The molecule has 0 saturated heterocycles. The Morgan fingerprint density at radius 2 is 2.23 bits per heavy atom. The first kappa shape index (κ1) is 6.97. The van der Waals surface area contributed by atoms with Gasteiger partial charge in [0.25, 0.3) is 0 Å². The van der Waals surface area contributed by atoms with Gasteiger partial charge in [-0.3, -0.25) is 5.10 Å². The molecule has 0 amide bonds. The summed E-state index contributed by atoms with van der Waals surface area (Å²) in [6.45, 7) is 0. The predicted octanol–water partition coefficient (Wildman–Crippen LogP) is 1.73. The van der Waals surface area contributed by atoms with Gasteiger partial charge >= 0.3 is 0 Å². The monoisotopic (exact) mass is 190 g/mol. The lowest BCUT2D eigenvalue weighted by Gasteiger charge is -1.88. The third-order valence-corrected chi connectivity index (χ3v) is 2.28. The maximum atomic E-state index is 4.21. The maximum Gasteiger partial charge on any atom is 0.163 e. The van der Waals surface area contributed by atoms with E-state index < -0.39 is 0 Å². The molecule has 13 heavy (non-hydrogen) atoms. The Balaban J connectivity index is 2.64. The highest BCUT2D eigenvalue weighted by Crippen LogP contribution is 2.22. The van der Waals surface area contributed by atoms with Gasteiger partial charge in [0, 0.05) is 5.39 Å². The molecule has 1 aromatic carbocycles. The molecule has 0 atom stereocenters. The number of nitrogens with one attached hydrogen (secondary N) is 2. The first-order chi connectivity index (χ1) is 6.34. The van der Waals surface area contributed by atoms with Crippen molar-refractivity contribution < 1.29 is 0 Å². The number of hydrogen-bond acceptors (Lipinski definition) is 3. The van der Waals surface area contributed by atoms with Crippen LogP contribution in [0.5, 0.6) is 0 Å². The van der Waals surface area contributed by atoms with Crippen molar-refractivity contribution in [1.82, 2.24) is 20.2 Å². The topological polar surface area (TPSA) is 57.4 Å². The van der Waals surface area contributed by atoms with Crippen LogP contribution in [0.3, 0.4) is 0 Å². The van der Waals surface area contributed by atoms with E-state index in [1.54, 1.807) is 6.20 Å². The van der Waals surface area contributed by atoms with Crippen LogP contribution in [-0.2, 0) is 0 Å². The fourth-order valence-corrected chi connectivity index (χ4v) is 1.70. The van der Waals surface area contributed by atoms with Crippen molar-refractivity contribution in [3.63, 3.8) is 0 Å². The zero-order valence-corrected chi connectivity index (χ0v) is 7.47. The van der Waals surface area contributed by atoms with E-state index in [0.717, 1.165) is 21.9 Å².